The maximum Gasteiger partial charge on any atom is 0.0307 e. The average Bonchev–Trinajstić information content (AvgIpc) is 2.27. The van der Waals surface area contributed by atoms with E-state index < -0.39 is 0 Å². The molecule has 0 rings (SSSR count). The van der Waals surface area contributed by atoms with E-state index in [4.69, 9.17) is 5.73 Å². The van der Waals surface area contributed by atoms with Crippen LogP contribution >= 0.6 is 0 Å². The van der Waals surface area contributed by atoms with Crippen LogP contribution in [-0.2, 0) is 0 Å². The lowest BCUT2D eigenvalue weighted by atomic mass is 9.82. The van der Waals surface area contributed by atoms with Gasteiger partial charge in [0.25, 0.3) is 0 Å². The summed E-state index contributed by atoms with van der Waals surface area (Å²) in [5, 5.41) is 0. The quantitative estimate of drug-likeness (QED) is 0.703. The Kier molecular flexibility index (Phi) is 6.66. The summed E-state index contributed by atoms with van der Waals surface area (Å²) < 4.78 is 0. The van der Waals surface area contributed by atoms with E-state index in [1.54, 1.807) is 0 Å². The van der Waals surface area contributed by atoms with Crippen LogP contribution in [0.4, 0.5) is 0 Å². The molecule has 0 aliphatic heterocycles. The largest absolute Gasteiger partial charge is 0.378 e. The van der Waals surface area contributed by atoms with Crippen LogP contribution in [0.2, 0.25) is 0 Å². The second-order valence-electron chi connectivity index (χ2n) is 4.61. The molecule has 0 bridgehead atoms. The molecule has 0 heterocycles. The fraction of sp³-hybridized carbons (Fsp3) is 0.846. The summed E-state index contributed by atoms with van der Waals surface area (Å²) in [7, 11) is 2.10. The topological polar surface area (TPSA) is 29.3 Å². The van der Waals surface area contributed by atoms with Crippen LogP contribution in [-0.4, -0.2) is 24.0 Å². The lowest BCUT2D eigenvalue weighted by Crippen LogP contribution is -2.41. The lowest BCUT2D eigenvalue weighted by Gasteiger charge is -2.36. The molecule has 0 aromatic rings. The highest BCUT2D eigenvalue weighted by molar-refractivity contribution is 4.85. The molecule has 4 unspecified atom stereocenters. The molecular formula is C13H28N2. The van der Waals surface area contributed by atoms with Gasteiger partial charge in [0.05, 0.1) is 0 Å². The van der Waals surface area contributed by atoms with Crippen molar-refractivity contribution in [3.8, 4) is 0 Å². The van der Waals surface area contributed by atoms with Crippen LogP contribution in [0.15, 0.2) is 12.8 Å². The molecule has 0 saturated carbocycles. The molecular weight excluding hydrogens is 184 g/mol. The summed E-state index contributed by atoms with van der Waals surface area (Å²) in [4.78, 5) is 2.21. The zero-order chi connectivity index (χ0) is 12.0. The first kappa shape index (κ1) is 14.5. The zero-order valence-corrected chi connectivity index (χ0v) is 11.0. The Morgan fingerprint density at radius 2 is 1.73 bits per heavy atom. The Bertz CT molecular complexity index is 179. The van der Waals surface area contributed by atoms with E-state index in [0.29, 0.717) is 23.9 Å². The number of hydrogen-bond donors (Lipinski definition) is 1. The van der Waals surface area contributed by atoms with E-state index >= 15 is 0 Å². The molecule has 0 fully saturated rings. The van der Waals surface area contributed by atoms with Gasteiger partial charge in [-0.2, -0.15) is 0 Å². The Morgan fingerprint density at radius 1 is 1.20 bits per heavy atom. The summed E-state index contributed by atoms with van der Waals surface area (Å²) >= 11 is 0. The first-order valence-corrected chi connectivity index (χ1v) is 6.09. The van der Waals surface area contributed by atoms with Crippen LogP contribution in [0.3, 0.4) is 0 Å². The predicted octanol–water partition coefficient (Wildman–Crippen LogP) is 2.85. The Balaban J connectivity index is 4.49. The van der Waals surface area contributed by atoms with Crippen molar-refractivity contribution in [3.63, 3.8) is 0 Å². The second kappa shape index (κ2) is 6.89. The molecule has 15 heavy (non-hydrogen) atoms. The van der Waals surface area contributed by atoms with Crippen molar-refractivity contribution >= 4 is 0 Å². The molecule has 0 aliphatic carbocycles. The zero-order valence-electron chi connectivity index (χ0n) is 11.0. The van der Waals surface area contributed by atoms with E-state index in [1.165, 1.54) is 0 Å². The van der Waals surface area contributed by atoms with Crippen molar-refractivity contribution in [3.05, 3.63) is 12.8 Å². The van der Waals surface area contributed by atoms with Gasteiger partial charge in [0, 0.05) is 19.1 Å². The SMILES string of the molecule is C=CN(C)C(CC)C(C)C(C)C(N)CC. The van der Waals surface area contributed by atoms with Crippen LogP contribution in [0.25, 0.3) is 0 Å². The average molecular weight is 212 g/mol. The minimum Gasteiger partial charge on any atom is -0.378 e. The summed E-state index contributed by atoms with van der Waals surface area (Å²) in [6.45, 7) is 12.8. The summed E-state index contributed by atoms with van der Waals surface area (Å²) in [6.07, 6.45) is 4.11. The Hall–Kier alpha value is -0.500. The van der Waals surface area contributed by atoms with Gasteiger partial charge in [-0.15, -0.1) is 0 Å². The van der Waals surface area contributed by atoms with E-state index in [1.807, 2.05) is 6.20 Å². The van der Waals surface area contributed by atoms with E-state index in [9.17, 15) is 0 Å². The van der Waals surface area contributed by atoms with Crippen molar-refractivity contribution < 1.29 is 0 Å². The van der Waals surface area contributed by atoms with Crippen molar-refractivity contribution in [2.45, 2.75) is 52.6 Å². The van der Waals surface area contributed by atoms with Crippen molar-refractivity contribution in [1.82, 2.24) is 4.90 Å². The van der Waals surface area contributed by atoms with Gasteiger partial charge < -0.3 is 10.6 Å². The smallest absolute Gasteiger partial charge is 0.0307 e. The first-order chi connectivity index (χ1) is 6.99. The monoisotopic (exact) mass is 212 g/mol. The Labute approximate surface area is 95.5 Å². The molecule has 90 valence electrons. The predicted molar refractivity (Wildman–Crippen MR) is 68.6 cm³/mol. The van der Waals surface area contributed by atoms with Gasteiger partial charge in [0.15, 0.2) is 0 Å². The maximum absolute atomic E-state index is 6.11. The van der Waals surface area contributed by atoms with Gasteiger partial charge in [-0.05, 0) is 30.9 Å². The van der Waals surface area contributed by atoms with Crippen LogP contribution < -0.4 is 5.73 Å². The molecule has 2 nitrogen and oxygen atoms in total. The van der Waals surface area contributed by atoms with Gasteiger partial charge in [-0.25, -0.2) is 0 Å². The van der Waals surface area contributed by atoms with Crippen LogP contribution in [0.5, 0.6) is 0 Å². The highest BCUT2D eigenvalue weighted by Crippen LogP contribution is 2.24. The molecule has 0 amide bonds. The maximum atomic E-state index is 6.11. The van der Waals surface area contributed by atoms with Crippen molar-refractivity contribution in [2.75, 3.05) is 7.05 Å². The first-order valence-electron chi connectivity index (χ1n) is 6.09. The highest BCUT2D eigenvalue weighted by atomic mass is 15.1. The second-order valence-corrected chi connectivity index (χ2v) is 4.61. The molecule has 0 saturated heterocycles. The normalized spacial score (nSPS) is 19.1. The fourth-order valence-corrected chi connectivity index (χ4v) is 2.28. The number of nitrogens with two attached hydrogens (primary N) is 1. The van der Waals surface area contributed by atoms with Gasteiger partial charge in [-0.3, -0.25) is 0 Å². The molecule has 4 atom stereocenters. The third kappa shape index (κ3) is 3.86. The van der Waals surface area contributed by atoms with Crippen LogP contribution in [0.1, 0.15) is 40.5 Å². The van der Waals surface area contributed by atoms with E-state index in [-0.39, 0.29) is 0 Å². The Morgan fingerprint density at radius 3 is 2.07 bits per heavy atom. The lowest BCUT2D eigenvalue weighted by molar-refractivity contribution is 0.171. The molecule has 0 radical (unpaired) electrons. The van der Waals surface area contributed by atoms with Gasteiger partial charge in [-0.1, -0.05) is 34.3 Å². The summed E-state index contributed by atoms with van der Waals surface area (Å²) in [5.74, 6) is 1.16. The standard InChI is InChI=1S/C13H28N2/c1-7-12(14)10(4)11(5)13(8-2)15(6)9-3/h9-13H,3,7-8,14H2,1-2,4-6H3. The summed E-state index contributed by atoms with van der Waals surface area (Å²) in [5.41, 5.74) is 6.11. The fourth-order valence-electron chi connectivity index (χ4n) is 2.28. The van der Waals surface area contributed by atoms with Gasteiger partial charge in [0.2, 0.25) is 0 Å². The van der Waals surface area contributed by atoms with Crippen molar-refractivity contribution in [2.24, 2.45) is 17.6 Å². The van der Waals surface area contributed by atoms with Gasteiger partial charge >= 0.3 is 0 Å². The van der Waals surface area contributed by atoms with Gasteiger partial charge in [0.1, 0.15) is 0 Å². The number of nitrogens with zero attached hydrogens (tertiary/aromatic N) is 1. The third-order valence-electron chi connectivity index (χ3n) is 3.81. The molecule has 0 aromatic heterocycles. The molecule has 0 aliphatic rings. The number of rotatable bonds is 7. The van der Waals surface area contributed by atoms with Crippen LogP contribution in [0, 0.1) is 11.8 Å². The van der Waals surface area contributed by atoms with Crippen molar-refractivity contribution in [1.29, 1.82) is 0 Å². The number of hydrogen-bond acceptors (Lipinski definition) is 2. The molecule has 2 heteroatoms. The molecule has 0 aromatic carbocycles. The minimum absolute atomic E-state index is 0.312. The highest BCUT2D eigenvalue weighted by Gasteiger charge is 2.26. The molecule has 0 spiro atoms. The minimum atomic E-state index is 0.312. The molecule has 2 N–H and O–H groups in total. The van der Waals surface area contributed by atoms with E-state index in [2.05, 4.69) is 46.2 Å². The third-order valence-corrected chi connectivity index (χ3v) is 3.81. The van der Waals surface area contributed by atoms with E-state index in [0.717, 1.165) is 12.8 Å². The summed E-state index contributed by atoms with van der Waals surface area (Å²) in [6, 6.07) is 0.863.